The van der Waals surface area contributed by atoms with Crippen molar-refractivity contribution >= 4 is 34.6 Å². The highest BCUT2D eigenvalue weighted by molar-refractivity contribution is 8.13. The van der Waals surface area contributed by atoms with E-state index in [1.807, 2.05) is 0 Å². The van der Waals surface area contributed by atoms with Crippen LogP contribution in [-0.2, 0) is 19.2 Å². The van der Waals surface area contributed by atoms with Crippen LogP contribution in [0.5, 0.6) is 11.5 Å². The van der Waals surface area contributed by atoms with Crippen molar-refractivity contribution in [3.8, 4) is 11.5 Å². The fourth-order valence-corrected chi connectivity index (χ4v) is 4.27. The van der Waals surface area contributed by atoms with Crippen molar-refractivity contribution in [3.63, 3.8) is 0 Å². The van der Waals surface area contributed by atoms with E-state index in [0.29, 0.717) is 23.4 Å². The maximum Gasteiger partial charge on any atom is 0.247 e. The number of nitrogens with zero attached hydrogens (tertiary/aromatic N) is 1. The number of hydrogen-bond donors (Lipinski definition) is 5. The van der Waals surface area contributed by atoms with Crippen LogP contribution in [0.1, 0.15) is 30.1 Å². The normalized spacial score (nSPS) is 16.8. The van der Waals surface area contributed by atoms with Gasteiger partial charge in [0.25, 0.3) is 0 Å². The largest absolute Gasteiger partial charge is 0.508 e. The van der Waals surface area contributed by atoms with Gasteiger partial charge in [-0.3, -0.25) is 19.2 Å². The minimum Gasteiger partial charge on any atom is -0.508 e. The summed E-state index contributed by atoms with van der Waals surface area (Å²) in [7, 11) is 0. The van der Waals surface area contributed by atoms with E-state index in [2.05, 4.69) is 10.6 Å². The lowest BCUT2D eigenvalue weighted by Gasteiger charge is -2.43. The van der Waals surface area contributed by atoms with Crippen LogP contribution < -0.4 is 16.4 Å². The predicted molar refractivity (Wildman–Crippen MR) is 126 cm³/mol. The van der Waals surface area contributed by atoms with Gasteiger partial charge in [-0.15, -0.1) is 0 Å². The standard InChI is InChI=1S/C23H26N4O6S/c1-13(28)25-10-11-34-23(33)20(15-4-8-17(30)9-5-15)27-12-18(22(27)32)26-21(31)19(24)14-2-6-16(29)7-3-14/h2-9,18-20,29-30H,10-12,24H2,1H3,(H,25,28)(H,26,31)/t18-,19+,20-/m0/s1. The van der Waals surface area contributed by atoms with E-state index < -0.39 is 29.9 Å². The van der Waals surface area contributed by atoms with Gasteiger partial charge in [-0.2, -0.15) is 0 Å². The molecule has 3 amide bonds. The number of hydrogen-bond acceptors (Lipinski definition) is 8. The zero-order valence-corrected chi connectivity index (χ0v) is 19.2. The number of carbonyl (C=O) groups excluding carboxylic acids is 4. The molecule has 1 fully saturated rings. The molecule has 180 valence electrons. The molecule has 34 heavy (non-hydrogen) atoms. The van der Waals surface area contributed by atoms with E-state index in [1.165, 1.54) is 48.2 Å². The number of phenols is 2. The van der Waals surface area contributed by atoms with Crippen LogP contribution in [0.2, 0.25) is 0 Å². The van der Waals surface area contributed by atoms with Crippen molar-refractivity contribution in [1.29, 1.82) is 0 Å². The van der Waals surface area contributed by atoms with Crippen LogP contribution in [0.15, 0.2) is 48.5 Å². The highest BCUT2D eigenvalue weighted by atomic mass is 32.2. The molecular weight excluding hydrogens is 460 g/mol. The van der Waals surface area contributed by atoms with Gasteiger partial charge in [-0.1, -0.05) is 36.0 Å². The first-order valence-corrected chi connectivity index (χ1v) is 11.5. The number of rotatable bonds is 9. The van der Waals surface area contributed by atoms with Crippen molar-refractivity contribution in [2.45, 2.75) is 25.0 Å². The smallest absolute Gasteiger partial charge is 0.247 e. The molecule has 0 aliphatic carbocycles. The number of β-lactam (4-membered cyclic amide) rings is 1. The number of aromatic hydroxyl groups is 2. The third-order valence-corrected chi connectivity index (χ3v) is 6.19. The molecule has 1 aliphatic rings. The number of likely N-dealkylation sites (tertiary alicyclic amines) is 1. The summed E-state index contributed by atoms with van der Waals surface area (Å²) in [4.78, 5) is 50.7. The zero-order chi connectivity index (χ0) is 24.8. The first kappa shape index (κ1) is 25.1. The van der Waals surface area contributed by atoms with Gasteiger partial charge in [0.15, 0.2) is 0 Å². The summed E-state index contributed by atoms with van der Waals surface area (Å²) in [6.45, 7) is 1.79. The second kappa shape index (κ2) is 11.0. The lowest BCUT2D eigenvalue weighted by Crippen LogP contribution is -2.65. The van der Waals surface area contributed by atoms with Gasteiger partial charge < -0.3 is 31.5 Å². The molecule has 0 unspecified atom stereocenters. The third-order valence-electron chi connectivity index (χ3n) is 5.28. The van der Waals surface area contributed by atoms with Gasteiger partial charge >= 0.3 is 0 Å². The average molecular weight is 487 g/mol. The van der Waals surface area contributed by atoms with E-state index in [9.17, 15) is 29.4 Å². The lowest BCUT2D eigenvalue weighted by molar-refractivity contribution is -0.152. The molecule has 0 bridgehead atoms. The Balaban J connectivity index is 1.65. The van der Waals surface area contributed by atoms with E-state index >= 15 is 0 Å². The first-order valence-electron chi connectivity index (χ1n) is 10.5. The molecule has 2 aromatic carbocycles. The minimum atomic E-state index is -1.03. The second-order valence-electron chi connectivity index (χ2n) is 7.77. The monoisotopic (exact) mass is 486 g/mol. The number of nitrogens with one attached hydrogen (secondary N) is 2. The molecule has 0 saturated carbocycles. The molecule has 10 nitrogen and oxygen atoms in total. The number of carbonyl (C=O) groups is 4. The fraction of sp³-hybridized carbons (Fsp3) is 0.304. The summed E-state index contributed by atoms with van der Waals surface area (Å²) in [5.74, 6) is -0.791. The molecule has 6 N–H and O–H groups in total. The molecule has 2 aromatic rings. The number of benzene rings is 2. The molecule has 0 aromatic heterocycles. The summed E-state index contributed by atoms with van der Waals surface area (Å²) < 4.78 is 0. The molecule has 0 spiro atoms. The van der Waals surface area contributed by atoms with E-state index in [1.54, 1.807) is 12.1 Å². The highest BCUT2D eigenvalue weighted by Crippen LogP contribution is 2.32. The van der Waals surface area contributed by atoms with Gasteiger partial charge in [-0.05, 0) is 35.4 Å². The van der Waals surface area contributed by atoms with E-state index in [-0.39, 0.29) is 29.1 Å². The van der Waals surface area contributed by atoms with Gasteiger partial charge in [0.1, 0.15) is 29.6 Å². The average Bonchev–Trinajstić information content (AvgIpc) is 2.81. The molecule has 3 atom stereocenters. The van der Waals surface area contributed by atoms with Crippen LogP contribution in [0.4, 0.5) is 0 Å². The summed E-state index contributed by atoms with van der Waals surface area (Å²) >= 11 is 0.986. The Morgan fingerprint density at radius 1 is 1.06 bits per heavy atom. The maximum atomic E-state index is 13.0. The van der Waals surface area contributed by atoms with Crippen LogP contribution in [0.3, 0.4) is 0 Å². The Morgan fingerprint density at radius 3 is 2.15 bits per heavy atom. The quantitative estimate of drug-likeness (QED) is 0.254. The number of thioether (sulfide) groups is 1. The van der Waals surface area contributed by atoms with Crippen LogP contribution in [0.25, 0.3) is 0 Å². The summed E-state index contributed by atoms with van der Waals surface area (Å²) in [6.07, 6.45) is 0. The van der Waals surface area contributed by atoms with Crippen molar-refractivity contribution < 1.29 is 29.4 Å². The lowest BCUT2D eigenvalue weighted by atomic mass is 9.98. The fourth-order valence-electron chi connectivity index (χ4n) is 3.44. The topological polar surface area (TPSA) is 162 Å². The molecule has 1 heterocycles. The van der Waals surface area contributed by atoms with Crippen LogP contribution >= 0.6 is 11.8 Å². The Kier molecular flexibility index (Phi) is 8.13. The Morgan fingerprint density at radius 2 is 1.62 bits per heavy atom. The molecule has 1 saturated heterocycles. The van der Waals surface area contributed by atoms with Gasteiger partial charge in [0.2, 0.25) is 22.8 Å². The van der Waals surface area contributed by atoms with Gasteiger partial charge in [0, 0.05) is 19.2 Å². The Hall–Kier alpha value is -3.57. The van der Waals surface area contributed by atoms with Crippen molar-refractivity contribution in [2.75, 3.05) is 18.8 Å². The molecule has 0 radical (unpaired) electrons. The van der Waals surface area contributed by atoms with Gasteiger partial charge in [-0.25, -0.2) is 0 Å². The summed E-state index contributed by atoms with van der Waals surface area (Å²) in [5, 5.41) is 23.9. The zero-order valence-electron chi connectivity index (χ0n) is 18.4. The van der Waals surface area contributed by atoms with Crippen molar-refractivity contribution in [1.82, 2.24) is 15.5 Å². The third kappa shape index (κ3) is 6.06. The Bertz CT molecular complexity index is 1060. The highest BCUT2D eigenvalue weighted by Gasteiger charge is 2.45. The van der Waals surface area contributed by atoms with E-state index in [0.717, 1.165) is 11.8 Å². The van der Waals surface area contributed by atoms with E-state index in [4.69, 9.17) is 5.73 Å². The molecular formula is C23H26N4O6S. The summed E-state index contributed by atoms with van der Waals surface area (Å²) in [5.41, 5.74) is 6.97. The van der Waals surface area contributed by atoms with Crippen LogP contribution in [-0.4, -0.2) is 62.8 Å². The van der Waals surface area contributed by atoms with Crippen LogP contribution in [0, 0.1) is 0 Å². The number of phenolic OH excluding ortho intramolecular Hbond substituents is 2. The summed E-state index contributed by atoms with van der Waals surface area (Å²) in [6, 6.07) is 9.08. The van der Waals surface area contributed by atoms with Crippen molar-refractivity contribution in [3.05, 3.63) is 59.7 Å². The van der Waals surface area contributed by atoms with Crippen molar-refractivity contribution in [2.24, 2.45) is 5.73 Å². The molecule has 3 rings (SSSR count). The molecule has 1 aliphatic heterocycles. The Labute approximate surface area is 200 Å². The second-order valence-corrected chi connectivity index (χ2v) is 8.86. The van der Waals surface area contributed by atoms with Gasteiger partial charge in [0.05, 0.1) is 6.54 Å². The predicted octanol–water partition coefficient (Wildman–Crippen LogP) is 0.562. The maximum absolute atomic E-state index is 13.0. The number of amides is 3. The number of nitrogens with two attached hydrogens (primary N) is 1. The SMILES string of the molecule is CC(=O)NCCSC(=O)[C@H](c1ccc(O)cc1)N1C[C@H](NC(=O)[C@H](N)c2ccc(O)cc2)C1=O. The minimum absolute atomic E-state index is 0.0246. The first-order chi connectivity index (χ1) is 16.2. The molecule has 11 heteroatoms.